The molecule has 25 heavy (non-hydrogen) atoms. The average Bonchev–Trinajstić information content (AvgIpc) is 2.55. The fraction of sp³-hybridized carbons (Fsp3) is 0.235. The maximum absolute atomic E-state index is 12.2. The van der Waals surface area contributed by atoms with E-state index in [1.54, 1.807) is 31.2 Å². The van der Waals surface area contributed by atoms with Gasteiger partial charge in [0.2, 0.25) is 10.0 Å². The van der Waals surface area contributed by atoms with Gasteiger partial charge in [0.15, 0.2) is 6.61 Å². The number of sulfonamides is 1. The molecule has 2 aromatic carbocycles. The Balaban J connectivity index is 2.10. The van der Waals surface area contributed by atoms with E-state index in [2.05, 4.69) is 21.2 Å². The van der Waals surface area contributed by atoms with Gasteiger partial charge < -0.3 is 10.1 Å². The molecular weight excluding hydrogens is 408 g/mol. The Labute approximate surface area is 156 Å². The summed E-state index contributed by atoms with van der Waals surface area (Å²) in [5.74, 6) is 0.188. The second-order valence-corrected chi connectivity index (χ2v) is 8.63. The third-order valence-electron chi connectivity index (χ3n) is 3.43. The summed E-state index contributed by atoms with van der Waals surface area (Å²) >= 11 is 3.33. The first-order valence-corrected chi connectivity index (χ1v) is 9.65. The number of halogens is 1. The summed E-state index contributed by atoms with van der Waals surface area (Å²) in [4.78, 5) is 12.2. The minimum atomic E-state index is -3.57. The number of amides is 1. The fourth-order valence-corrected chi connectivity index (χ4v) is 3.31. The monoisotopic (exact) mass is 426 g/mol. The lowest BCUT2D eigenvalue weighted by Gasteiger charge is -2.14. The number of ether oxygens (including phenoxy) is 1. The van der Waals surface area contributed by atoms with Crippen molar-refractivity contribution in [2.75, 3.05) is 26.0 Å². The molecule has 0 heterocycles. The van der Waals surface area contributed by atoms with Crippen molar-refractivity contribution in [1.82, 2.24) is 4.31 Å². The van der Waals surface area contributed by atoms with Gasteiger partial charge in [0.1, 0.15) is 5.75 Å². The van der Waals surface area contributed by atoms with E-state index in [9.17, 15) is 13.2 Å². The first-order chi connectivity index (χ1) is 11.7. The van der Waals surface area contributed by atoms with Crippen molar-refractivity contribution in [3.8, 4) is 5.75 Å². The van der Waals surface area contributed by atoms with Crippen molar-refractivity contribution < 1.29 is 17.9 Å². The molecule has 0 aromatic heterocycles. The molecule has 0 spiro atoms. The van der Waals surface area contributed by atoms with Gasteiger partial charge in [0.05, 0.1) is 4.90 Å². The highest BCUT2D eigenvalue weighted by atomic mass is 79.9. The number of benzene rings is 2. The summed E-state index contributed by atoms with van der Waals surface area (Å²) in [6.07, 6.45) is 0. The summed E-state index contributed by atoms with van der Waals surface area (Å²) in [5, 5.41) is 2.69. The minimum Gasteiger partial charge on any atom is -0.484 e. The van der Waals surface area contributed by atoms with Crippen LogP contribution >= 0.6 is 15.9 Å². The summed E-state index contributed by atoms with van der Waals surface area (Å²) in [6.45, 7) is 1.61. The highest BCUT2D eigenvalue weighted by molar-refractivity contribution is 9.10. The van der Waals surface area contributed by atoms with Crippen LogP contribution in [0.2, 0.25) is 0 Å². The zero-order valence-electron chi connectivity index (χ0n) is 14.1. The molecule has 1 amide bonds. The van der Waals surface area contributed by atoms with E-state index in [-0.39, 0.29) is 17.4 Å². The number of nitrogens with one attached hydrogen (secondary N) is 1. The second kappa shape index (κ2) is 7.99. The van der Waals surface area contributed by atoms with Crippen LogP contribution in [-0.4, -0.2) is 39.3 Å². The predicted octanol–water partition coefficient (Wildman–Crippen LogP) is 3.03. The maximum Gasteiger partial charge on any atom is 0.262 e. The maximum atomic E-state index is 12.2. The number of carbonyl (C=O) groups excluding carboxylic acids is 1. The SMILES string of the molecule is Cc1ccc(S(=O)(=O)N(C)C)cc1NC(=O)COc1cccc(Br)c1. The molecule has 8 heteroatoms. The summed E-state index contributed by atoms with van der Waals surface area (Å²) in [7, 11) is -0.651. The van der Waals surface area contributed by atoms with Gasteiger partial charge in [-0.2, -0.15) is 0 Å². The Kier molecular flexibility index (Phi) is 6.21. The molecular formula is C17H19BrN2O4S. The van der Waals surface area contributed by atoms with Crippen molar-refractivity contribution in [2.45, 2.75) is 11.8 Å². The molecule has 0 aliphatic heterocycles. The van der Waals surface area contributed by atoms with E-state index in [0.717, 1.165) is 14.3 Å². The van der Waals surface area contributed by atoms with Crippen LogP contribution in [0, 0.1) is 6.92 Å². The number of nitrogens with zero attached hydrogens (tertiary/aromatic N) is 1. The van der Waals surface area contributed by atoms with E-state index < -0.39 is 10.0 Å². The lowest BCUT2D eigenvalue weighted by Crippen LogP contribution is -2.23. The van der Waals surface area contributed by atoms with Crippen molar-refractivity contribution in [2.24, 2.45) is 0 Å². The molecule has 0 atom stereocenters. The molecule has 0 bridgehead atoms. The van der Waals surface area contributed by atoms with Gasteiger partial charge in [-0.1, -0.05) is 28.1 Å². The normalized spacial score (nSPS) is 11.4. The Bertz CT molecular complexity index is 882. The zero-order valence-corrected chi connectivity index (χ0v) is 16.5. The standard InChI is InChI=1S/C17H19BrN2O4S/c1-12-7-8-15(25(22,23)20(2)3)10-16(12)19-17(21)11-24-14-6-4-5-13(18)9-14/h4-10H,11H2,1-3H3,(H,19,21). The lowest BCUT2D eigenvalue weighted by atomic mass is 10.2. The van der Waals surface area contributed by atoms with Gasteiger partial charge >= 0.3 is 0 Å². The van der Waals surface area contributed by atoms with Crippen LogP contribution in [0.15, 0.2) is 51.8 Å². The van der Waals surface area contributed by atoms with Crippen LogP contribution in [0.25, 0.3) is 0 Å². The fourth-order valence-electron chi connectivity index (χ4n) is 2.00. The summed E-state index contributed by atoms with van der Waals surface area (Å²) in [6, 6.07) is 11.8. The van der Waals surface area contributed by atoms with E-state index in [0.29, 0.717) is 11.4 Å². The van der Waals surface area contributed by atoms with E-state index in [4.69, 9.17) is 4.74 Å². The van der Waals surface area contributed by atoms with Crippen molar-refractivity contribution in [1.29, 1.82) is 0 Å². The molecule has 0 aliphatic rings. The predicted molar refractivity (Wildman–Crippen MR) is 100 cm³/mol. The molecule has 0 aliphatic carbocycles. The Morgan fingerprint density at radius 2 is 1.92 bits per heavy atom. The zero-order chi connectivity index (χ0) is 18.6. The van der Waals surface area contributed by atoms with Gasteiger partial charge in [-0.05, 0) is 42.8 Å². The Hall–Kier alpha value is -1.90. The van der Waals surface area contributed by atoms with E-state index >= 15 is 0 Å². The smallest absolute Gasteiger partial charge is 0.262 e. The first kappa shape index (κ1) is 19.4. The van der Waals surface area contributed by atoms with Crippen molar-refractivity contribution in [3.63, 3.8) is 0 Å². The molecule has 0 saturated heterocycles. The number of aryl methyl sites for hydroxylation is 1. The number of carbonyl (C=O) groups is 1. The van der Waals surface area contributed by atoms with Crippen LogP contribution in [-0.2, 0) is 14.8 Å². The van der Waals surface area contributed by atoms with Gasteiger partial charge in [-0.3, -0.25) is 4.79 Å². The topological polar surface area (TPSA) is 75.7 Å². The lowest BCUT2D eigenvalue weighted by molar-refractivity contribution is -0.118. The Morgan fingerprint density at radius 3 is 2.56 bits per heavy atom. The van der Waals surface area contributed by atoms with Gasteiger partial charge in [0.25, 0.3) is 5.91 Å². The molecule has 0 saturated carbocycles. The first-order valence-electron chi connectivity index (χ1n) is 7.41. The number of hydrogen-bond donors (Lipinski definition) is 1. The van der Waals surface area contributed by atoms with Crippen LogP contribution in [0.5, 0.6) is 5.75 Å². The van der Waals surface area contributed by atoms with Crippen molar-refractivity contribution >= 4 is 37.5 Å². The quantitative estimate of drug-likeness (QED) is 0.769. The highest BCUT2D eigenvalue weighted by Gasteiger charge is 2.18. The van der Waals surface area contributed by atoms with Crippen LogP contribution < -0.4 is 10.1 Å². The molecule has 2 aromatic rings. The molecule has 2 rings (SSSR count). The number of anilines is 1. The third-order valence-corrected chi connectivity index (χ3v) is 5.73. The highest BCUT2D eigenvalue weighted by Crippen LogP contribution is 2.22. The van der Waals surface area contributed by atoms with Gasteiger partial charge in [-0.15, -0.1) is 0 Å². The van der Waals surface area contributed by atoms with Gasteiger partial charge in [-0.25, -0.2) is 12.7 Å². The van der Waals surface area contributed by atoms with Crippen LogP contribution in [0.3, 0.4) is 0 Å². The van der Waals surface area contributed by atoms with Crippen LogP contribution in [0.1, 0.15) is 5.56 Å². The summed E-state index contributed by atoms with van der Waals surface area (Å²) < 4.78 is 31.8. The minimum absolute atomic E-state index is 0.117. The Morgan fingerprint density at radius 1 is 1.20 bits per heavy atom. The molecule has 0 radical (unpaired) electrons. The number of hydrogen-bond acceptors (Lipinski definition) is 4. The molecule has 0 unspecified atom stereocenters. The second-order valence-electron chi connectivity index (χ2n) is 5.56. The summed E-state index contributed by atoms with van der Waals surface area (Å²) in [5.41, 5.74) is 1.19. The molecule has 0 fully saturated rings. The molecule has 134 valence electrons. The van der Waals surface area contributed by atoms with E-state index in [1.807, 2.05) is 6.07 Å². The molecule has 1 N–H and O–H groups in total. The van der Waals surface area contributed by atoms with Crippen LogP contribution in [0.4, 0.5) is 5.69 Å². The largest absolute Gasteiger partial charge is 0.484 e. The van der Waals surface area contributed by atoms with E-state index in [1.165, 1.54) is 26.2 Å². The molecule has 6 nitrogen and oxygen atoms in total. The third kappa shape index (κ3) is 5.04. The number of rotatable bonds is 6. The van der Waals surface area contributed by atoms with Gasteiger partial charge in [0, 0.05) is 24.3 Å². The van der Waals surface area contributed by atoms with Crippen molar-refractivity contribution in [3.05, 3.63) is 52.5 Å². The average molecular weight is 427 g/mol.